The van der Waals surface area contributed by atoms with E-state index in [9.17, 15) is 13.2 Å². The molecule has 1 heterocycles. The maximum Gasteiger partial charge on any atom is 0.390 e. The maximum absolute atomic E-state index is 12.1. The van der Waals surface area contributed by atoms with Gasteiger partial charge in [0.15, 0.2) is 0 Å². The molecule has 2 nitrogen and oxygen atoms in total. The second kappa shape index (κ2) is 6.81. The highest BCUT2D eigenvalue weighted by Crippen LogP contribution is 2.20. The molecule has 6 heteroatoms. The zero-order valence-corrected chi connectivity index (χ0v) is 10.9. The van der Waals surface area contributed by atoms with E-state index in [4.69, 9.17) is 0 Å². The average molecular weight is 303 g/mol. The smallest absolute Gasteiger partial charge is 0.302 e. The van der Waals surface area contributed by atoms with E-state index < -0.39 is 12.6 Å². The summed E-state index contributed by atoms with van der Waals surface area (Å²) in [4.78, 5) is 4.21. The van der Waals surface area contributed by atoms with Gasteiger partial charge in [-0.3, -0.25) is 0 Å². The third-order valence-electron chi connectivity index (χ3n) is 2.79. The molecule has 0 radical (unpaired) electrons. The minimum atomic E-state index is -4.03. The van der Waals surface area contributed by atoms with Gasteiger partial charge in [0.25, 0.3) is 0 Å². The Morgan fingerprint density at radius 1 is 0.938 bits per heavy atom. The molecule has 0 aromatic heterocycles. The molecule has 96 valence electrons. The number of alkyl halides is 4. The van der Waals surface area contributed by atoms with Gasteiger partial charge >= 0.3 is 6.18 Å². The van der Waals surface area contributed by atoms with Crippen LogP contribution in [0.2, 0.25) is 0 Å². The molecule has 0 spiro atoms. The lowest BCUT2D eigenvalue weighted by molar-refractivity contribution is -0.137. The first kappa shape index (κ1) is 14.3. The fraction of sp³-hybridized carbons (Fsp3) is 1.00. The third kappa shape index (κ3) is 6.06. The standard InChI is InChI=1S/C10H18BrF3N2/c11-3-7-16-5-1-4-15(8-9-16)6-2-10(12,13)14/h1-9H2. The van der Waals surface area contributed by atoms with Crippen molar-refractivity contribution in [2.75, 3.05) is 44.6 Å². The topological polar surface area (TPSA) is 6.48 Å². The molecule has 1 fully saturated rings. The Labute approximate surface area is 103 Å². The molecule has 0 aliphatic carbocycles. The lowest BCUT2D eigenvalue weighted by Gasteiger charge is -2.21. The van der Waals surface area contributed by atoms with E-state index in [1.807, 2.05) is 4.90 Å². The van der Waals surface area contributed by atoms with E-state index in [-0.39, 0.29) is 6.54 Å². The fourth-order valence-corrected chi connectivity index (χ4v) is 2.38. The number of halogens is 4. The van der Waals surface area contributed by atoms with Gasteiger partial charge in [-0.25, -0.2) is 0 Å². The van der Waals surface area contributed by atoms with Crippen LogP contribution in [0, 0.1) is 0 Å². The van der Waals surface area contributed by atoms with Gasteiger partial charge < -0.3 is 9.80 Å². The summed E-state index contributed by atoms with van der Waals surface area (Å²) in [5.74, 6) is 0. The Bertz CT molecular complexity index is 199. The van der Waals surface area contributed by atoms with Crippen molar-refractivity contribution in [3.63, 3.8) is 0 Å². The van der Waals surface area contributed by atoms with Crippen LogP contribution in [0.3, 0.4) is 0 Å². The van der Waals surface area contributed by atoms with Gasteiger partial charge in [-0.1, -0.05) is 15.9 Å². The summed E-state index contributed by atoms with van der Waals surface area (Å²) in [6, 6.07) is 0. The molecular formula is C10H18BrF3N2. The minimum Gasteiger partial charge on any atom is -0.302 e. The zero-order chi connectivity index (χ0) is 12.0. The van der Waals surface area contributed by atoms with Crippen molar-refractivity contribution in [3.8, 4) is 0 Å². The van der Waals surface area contributed by atoms with Crippen molar-refractivity contribution in [1.29, 1.82) is 0 Å². The molecule has 0 aromatic carbocycles. The van der Waals surface area contributed by atoms with Gasteiger partial charge in [-0.15, -0.1) is 0 Å². The van der Waals surface area contributed by atoms with Crippen LogP contribution in [0.4, 0.5) is 13.2 Å². The highest BCUT2D eigenvalue weighted by molar-refractivity contribution is 9.09. The molecule has 0 saturated carbocycles. The Balaban J connectivity index is 2.25. The Morgan fingerprint density at radius 3 is 2.00 bits per heavy atom. The lowest BCUT2D eigenvalue weighted by Crippen LogP contribution is -2.33. The molecule has 1 saturated heterocycles. The van der Waals surface area contributed by atoms with Crippen LogP contribution < -0.4 is 0 Å². The number of nitrogens with zero attached hydrogens (tertiary/aromatic N) is 2. The van der Waals surface area contributed by atoms with Crippen LogP contribution in [0.15, 0.2) is 0 Å². The predicted octanol–water partition coefficient (Wildman–Crippen LogP) is 2.34. The van der Waals surface area contributed by atoms with Gasteiger partial charge in [0.05, 0.1) is 6.42 Å². The molecule has 16 heavy (non-hydrogen) atoms. The normalized spacial score (nSPS) is 21.0. The van der Waals surface area contributed by atoms with Gasteiger partial charge in [-0.2, -0.15) is 13.2 Å². The first-order valence-electron chi connectivity index (χ1n) is 5.59. The largest absolute Gasteiger partial charge is 0.390 e. The van der Waals surface area contributed by atoms with E-state index in [1.54, 1.807) is 0 Å². The van der Waals surface area contributed by atoms with E-state index in [1.165, 1.54) is 0 Å². The second-order valence-corrected chi connectivity index (χ2v) is 4.88. The highest BCUT2D eigenvalue weighted by Gasteiger charge is 2.28. The van der Waals surface area contributed by atoms with Gasteiger partial charge in [0.1, 0.15) is 0 Å². The monoisotopic (exact) mass is 302 g/mol. The Hall–Kier alpha value is 0.190. The first-order valence-corrected chi connectivity index (χ1v) is 6.71. The van der Waals surface area contributed by atoms with Gasteiger partial charge in [0.2, 0.25) is 0 Å². The van der Waals surface area contributed by atoms with Crippen LogP contribution >= 0.6 is 15.9 Å². The number of hydrogen-bond donors (Lipinski definition) is 0. The molecule has 1 aliphatic heterocycles. The molecule has 0 aromatic rings. The van der Waals surface area contributed by atoms with Crippen molar-refractivity contribution in [2.45, 2.75) is 19.0 Å². The molecule has 0 atom stereocenters. The van der Waals surface area contributed by atoms with E-state index in [2.05, 4.69) is 20.8 Å². The van der Waals surface area contributed by atoms with Crippen molar-refractivity contribution in [3.05, 3.63) is 0 Å². The molecule has 0 amide bonds. The zero-order valence-electron chi connectivity index (χ0n) is 9.27. The van der Waals surface area contributed by atoms with Crippen LogP contribution in [0.5, 0.6) is 0 Å². The quantitative estimate of drug-likeness (QED) is 0.736. The molecule has 1 rings (SSSR count). The van der Waals surface area contributed by atoms with E-state index >= 15 is 0 Å². The van der Waals surface area contributed by atoms with Gasteiger partial charge in [0, 0.05) is 31.5 Å². The summed E-state index contributed by atoms with van der Waals surface area (Å²) in [5, 5.41) is 0.926. The number of rotatable bonds is 4. The first-order chi connectivity index (χ1) is 7.51. The maximum atomic E-state index is 12.1. The van der Waals surface area contributed by atoms with Crippen molar-refractivity contribution < 1.29 is 13.2 Å². The predicted molar refractivity (Wildman–Crippen MR) is 62.0 cm³/mol. The van der Waals surface area contributed by atoms with Crippen LogP contribution in [-0.4, -0.2) is 60.6 Å². The molecule has 0 bridgehead atoms. The number of hydrogen-bond acceptors (Lipinski definition) is 2. The molecular weight excluding hydrogens is 285 g/mol. The van der Waals surface area contributed by atoms with E-state index in [0.29, 0.717) is 0 Å². The van der Waals surface area contributed by atoms with Crippen molar-refractivity contribution in [2.24, 2.45) is 0 Å². The summed E-state index contributed by atoms with van der Waals surface area (Å²) in [7, 11) is 0. The average Bonchev–Trinajstić information content (AvgIpc) is 2.40. The fourth-order valence-electron chi connectivity index (χ4n) is 1.88. The van der Waals surface area contributed by atoms with Crippen molar-refractivity contribution in [1.82, 2.24) is 9.80 Å². The van der Waals surface area contributed by atoms with Crippen molar-refractivity contribution >= 4 is 15.9 Å². The minimum absolute atomic E-state index is 0.144. The van der Waals surface area contributed by atoms with Crippen LogP contribution in [0.25, 0.3) is 0 Å². The Morgan fingerprint density at radius 2 is 1.50 bits per heavy atom. The molecule has 0 unspecified atom stereocenters. The van der Waals surface area contributed by atoms with Gasteiger partial charge in [-0.05, 0) is 19.5 Å². The van der Waals surface area contributed by atoms with Crippen LogP contribution in [-0.2, 0) is 0 Å². The summed E-state index contributed by atoms with van der Waals surface area (Å²) < 4.78 is 36.2. The van der Waals surface area contributed by atoms with E-state index in [0.717, 1.165) is 44.5 Å². The summed E-state index contributed by atoms with van der Waals surface area (Å²) >= 11 is 3.38. The third-order valence-corrected chi connectivity index (χ3v) is 3.15. The molecule has 0 N–H and O–H groups in total. The lowest BCUT2D eigenvalue weighted by atomic mass is 10.3. The van der Waals surface area contributed by atoms with Crippen LogP contribution in [0.1, 0.15) is 12.8 Å². The SMILES string of the molecule is FC(F)(F)CCN1CCCN(CCBr)CC1. The second-order valence-electron chi connectivity index (χ2n) is 4.09. The summed E-state index contributed by atoms with van der Waals surface area (Å²) in [5.41, 5.74) is 0. The molecule has 1 aliphatic rings. The Kier molecular flexibility index (Phi) is 6.07. The highest BCUT2D eigenvalue weighted by atomic mass is 79.9. The summed E-state index contributed by atoms with van der Waals surface area (Å²) in [6.07, 6.45) is -3.75. The summed E-state index contributed by atoms with van der Waals surface area (Å²) in [6.45, 7) is 4.54.